The Bertz CT molecular complexity index is 771. The molecule has 0 saturated carbocycles. The van der Waals surface area contributed by atoms with Gasteiger partial charge in [0.2, 0.25) is 11.8 Å². The molecule has 1 aliphatic heterocycles. The highest BCUT2D eigenvalue weighted by molar-refractivity contribution is 5.97. The van der Waals surface area contributed by atoms with Gasteiger partial charge in [-0.3, -0.25) is 9.59 Å². The SMILES string of the molecule is Cc1cc(NC(=O)Cc2ccc(F)cc2)ccc1N1CCCC1=O. The molecule has 0 bridgehead atoms. The molecule has 0 unspecified atom stereocenters. The van der Waals surface area contributed by atoms with Crippen LogP contribution in [0.15, 0.2) is 42.5 Å². The minimum atomic E-state index is -0.318. The second kappa shape index (κ2) is 6.83. The lowest BCUT2D eigenvalue weighted by atomic mass is 10.1. The predicted octanol–water partition coefficient (Wildman–Crippen LogP) is 3.44. The Morgan fingerprint density at radius 3 is 2.58 bits per heavy atom. The summed E-state index contributed by atoms with van der Waals surface area (Å²) < 4.78 is 12.9. The normalized spacial score (nSPS) is 14.1. The van der Waals surface area contributed by atoms with E-state index in [0.29, 0.717) is 12.1 Å². The summed E-state index contributed by atoms with van der Waals surface area (Å²) in [5, 5.41) is 2.84. The van der Waals surface area contributed by atoms with Gasteiger partial charge in [0, 0.05) is 24.3 Å². The van der Waals surface area contributed by atoms with Crippen LogP contribution >= 0.6 is 0 Å². The van der Waals surface area contributed by atoms with Crippen LogP contribution in [-0.4, -0.2) is 18.4 Å². The highest BCUT2D eigenvalue weighted by Gasteiger charge is 2.23. The highest BCUT2D eigenvalue weighted by atomic mass is 19.1. The van der Waals surface area contributed by atoms with Gasteiger partial charge in [0.25, 0.3) is 0 Å². The standard InChI is InChI=1S/C19H19FN2O2/c1-13-11-16(8-9-17(13)22-10-2-3-19(22)24)21-18(23)12-14-4-6-15(20)7-5-14/h4-9,11H,2-3,10,12H2,1H3,(H,21,23). The number of rotatable bonds is 4. The average molecular weight is 326 g/mol. The third-order valence-corrected chi connectivity index (χ3v) is 4.12. The van der Waals surface area contributed by atoms with Crippen LogP contribution in [-0.2, 0) is 16.0 Å². The Hall–Kier alpha value is -2.69. The summed E-state index contributed by atoms with van der Waals surface area (Å²) in [6, 6.07) is 11.4. The first-order valence-corrected chi connectivity index (χ1v) is 7.98. The van der Waals surface area contributed by atoms with Crippen LogP contribution < -0.4 is 10.2 Å². The van der Waals surface area contributed by atoms with E-state index in [1.165, 1.54) is 12.1 Å². The van der Waals surface area contributed by atoms with E-state index in [9.17, 15) is 14.0 Å². The third-order valence-electron chi connectivity index (χ3n) is 4.12. The second-order valence-electron chi connectivity index (χ2n) is 6.00. The van der Waals surface area contributed by atoms with Gasteiger partial charge in [0.05, 0.1) is 6.42 Å². The maximum absolute atomic E-state index is 12.9. The van der Waals surface area contributed by atoms with Crippen molar-refractivity contribution in [2.24, 2.45) is 0 Å². The van der Waals surface area contributed by atoms with Crippen LogP contribution in [0.5, 0.6) is 0 Å². The predicted molar refractivity (Wildman–Crippen MR) is 91.5 cm³/mol. The van der Waals surface area contributed by atoms with Crippen molar-refractivity contribution in [3.05, 3.63) is 59.4 Å². The molecule has 0 radical (unpaired) electrons. The van der Waals surface area contributed by atoms with Crippen LogP contribution in [0.25, 0.3) is 0 Å². The number of nitrogens with zero attached hydrogens (tertiary/aromatic N) is 1. The molecule has 0 spiro atoms. The molecule has 5 heteroatoms. The highest BCUT2D eigenvalue weighted by Crippen LogP contribution is 2.27. The van der Waals surface area contributed by atoms with Crippen LogP contribution in [0.4, 0.5) is 15.8 Å². The average Bonchev–Trinajstić information content (AvgIpc) is 2.96. The van der Waals surface area contributed by atoms with E-state index in [1.54, 1.807) is 23.1 Å². The van der Waals surface area contributed by atoms with Crippen LogP contribution in [0.3, 0.4) is 0 Å². The third kappa shape index (κ3) is 3.62. The molecule has 3 rings (SSSR count). The van der Waals surface area contributed by atoms with E-state index < -0.39 is 0 Å². The lowest BCUT2D eigenvalue weighted by Gasteiger charge is -2.19. The fraction of sp³-hybridized carbons (Fsp3) is 0.263. The number of anilines is 2. The summed E-state index contributed by atoms with van der Waals surface area (Å²) in [4.78, 5) is 25.7. The van der Waals surface area contributed by atoms with Crippen LogP contribution in [0.2, 0.25) is 0 Å². The molecule has 24 heavy (non-hydrogen) atoms. The summed E-state index contributed by atoms with van der Waals surface area (Å²) in [5.41, 5.74) is 3.29. The van der Waals surface area contributed by atoms with Crippen LogP contribution in [0.1, 0.15) is 24.0 Å². The van der Waals surface area contributed by atoms with Crippen molar-refractivity contribution in [1.29, 1.82) is 0 Å². The molecular weight excluding hydrogens is 307 g/mol. The first kappa shape index (κ1) is 16.2. The Morgan fingerprint density at radius 1 is 1.21 bits per heavy atom. The Kier molecular flexibility index (Phi) is 4.60. The van der Waals surface area contributed by atoms with Crippen molar-refractivity contribution in [1.82, 2.24) is 0 Å². The first-order valence-electron chi connectivity index (χ1n) is 7.98. The second-order valence-corrected chi connectivity index (χ2v) is 6.00. The molecule has 1 aliphatic rings. The van der Waals surface area contributed by atoms with E-state index in [2.05, 4.69) is 5.32 Å². The maximum Gasteiger partial charge on any atom is 0.228 e. The summed E-state index contributed by atoms with van der Waals surface area (Å²) in [6.45, 7) is 2.67. The van der Waals surface area contributed by atoms with Gasteiger partial charge in [-0.05, 0) is 54.8 Å². The molecule has 124 valence electrons. The summed E-state index contributed by atoms with van der Waals surface area (Å²) >= 11 is 0. The van der Waals surface area contributed by atoms with Crippen molar-refractivity contribution in [2.75, 3.05) is 16.8 Å². The molecular formula is C19H19FN2O2. The maximum atomic E-state index is 12.9. The van der Waals surface area contributed by atoms with E-state index in [1.807, 2.05) is 19.1 Å². The van der Waals surface area contributed by atoms with Gasteiger partial charge >= 0.3 is 0 Å². The van der Waals surface area contributed by atoms with Crippen molar-refractivity contribution in [3.8, 4) is 0 Å². The number of nitrogens with one attached hydrogen (secondary N) is 1. The zero-order valence-corrected chi connectivity index (χ0v) is 13.5. The first-order chi connectivity index (χ1) is 11.5. The van der Waals surface area contributed by atoms with Gasteiger partial charge in [0.15, 0.2) is 0 Å². The van der Waals surface area contributed by atoms with Gasteiger partial charge in [-0.15, -0.1) is 0 Å². The van der Waals surface area contributed by atoms with Gasteiger partial charge < -0.3 is 10.2 Å². The Balaban J connectivity index is 1.67. The summed E-state index contributed by atoms with van der Waals surface area (Å²) in [7, 11) is 0. The fourth-order valence-corrected chi connectivity index (χ4v) is 2.93. The van der Waals surface area contributed by atoms with Gasteiger partial charge in [-0.1, -0.05) is 12.1 Å². The minimum absolute atomic E-state index is 0.145. The van der Waals surface area contributed by atoms with Crippen molar-refractivity contribution in [2.45, 2.75) is 26.2 Å². The number of carbonyl (C=O) groups is 2. The van der Waals surface area contributed by atoms with Gasteiger partial charge in [0.1, 0.15) is 5.82 Å². The van der Waals surface area contributed by atoms with E-state index >= 15 is 0 Å². The number of amides is 2. The molecule has 4 nitrogen and oxygen atoms in total. The number of hydrogen-bond acceptors (Lipinski definition) is 2. The molecule has 0 atom stereocenters. The minimum Gasteiger partial charge on any atom is -0.326 e. The molecule has 0 aliphatic carbocycles. The molecule has 1 heterocycles. The van der Waals surface area contributed by atoms with Gasteiger partial charge in [-0.25, -0.2) is 4.39 Å². The van der Waals surface area contributed by atoms with E-state index in [4.69, 9.17) is 0 Å². The molecule has 1 saturated heterocycles. The number of halogens is 1. The lowest BCUT2D eigenvalue weighted by molar-refractivity contribution is -0.117. The van der Waals surface area contributed by atoms with E-state index in [0.717, 1.165) is 29.8 Å². The van der Waals surface area contributed by atoms with Crippen molar-refractivity contribution in [3.63, 3.8) is 0 Å². The number of aryl methyl sites for hydroxylation is 1. The molecule has 0 aromatic heterocycles. The smallest absolute Gasteiger partial charge is 0.228 e. The van der Waals surface area contributed by atoms with Crippen molar-refractivity contribution >= 4 is 23.2 Å². The molecule has 2 amide bonds. The zero-order valence-electron chi connectivity index (χ0n) is 13.5. The van der Waals surface area contributed by atoms with Crippen LogP contribution in [0, 0.1) is 12.7 Å². The fourth-order valence-electron chi connectivity index (χ4n) is 2.93. The monoisotopic (exact) mass is 326 g/mol. The quantitative estimate of drug-likeness (QED) is 0.935. The molecule has 2 aromatic carbocycles. The Labute approximate surface area is 140 Å². The number of carbonyl (C=O) groups excluding carboxylic acids is 2. The summed E-state index contributed by atoms with van der Waals surface area (Å²) in [6.07, 6.45) is 1.66. The summed E-state index contributed by atoms with van der Waals surface area (Å²) in [5.74, 6) is -0.334. The number of hydrogen-bond donors (Lipinski definition) is 1. The lowest BCUT2D eigenvalue weighted by Crippen LogP contribution is -2.24. The number of benzene rings is 2. The van der Waals surface area contributed by atoms with Gasteiger partial charge in [-0.2, -0.15) is 0 Å². The molecule has 1 N–H and O–H groups in total. The molecule has 1 fully saturated rings. The Morgan fingerprint density at radius 2 is 1.96 bits per heavy atom. The van der Waals surface area contributed by atoms with Crippen molar-refractivity contribution < 1.29 is 14.0 Å². The molecule has 2 aromatic rings. The van der Waals surface area contributed by atoms with E-state index in [-0.39, 0.29) is 24.1 Å². The topological polar surface area (TPSA) is 49.4 Å². The zero-order chi connectivity index (χ0) is 17.1. The largest absolute Gasteiger partial charge is 0.326 e.